The van der Waals surface area contributed by atoms with Crippen molar-refractivity contribution >= 4 is 21.6 Å². The Morgan fingerprint density at radius 3 is 2.13 bits per heavy atom. The summed E-state index contributed by atoms with van der Waals surface area (Å²) in [5, 5.41) is 3.05. The summed E-state index contributed by atoms with van der Waals surface area (Å²) in [5.41, 5.74) is 1.42. The Hall–Kier alpha value is -2.54. The molecule has 1 N–H and O–H groups in total. The summed E-state index contributed by atoms with van der Waals surface area (Å²) in [7, 11) is -3.68. The van der Waals surface area contributed by atoms with E-state index in [1.54, 1.807) is 31.2 Å². The molecule has 0 heterocycles. The summed E-state index contributed by atoms with van der Waals surface area (Å²) < 4.78 is 31.6. The zero-order valence-corrected chi connectivity index (χ0v) is 19.1. The number of hydrogen-bond donors (Lipinski definition) is 1. The Labute approximate surface area is 180 Å². The maximum atomic E-state index is 13.1. The Morgan fingerprint density at radius 2 is 1.63 bits per heavy atom. The predicted molar refractivity (Wildman–Crippen MR) is 121 cm³/mol. The predicted octanol–water partition coefficient (Wildman–Crippen LogP) is 4.14. The molecule has 0 unspecified atom stereocenters. The highest BCUT2D eigenvalue weighted by molar-refractivity contribution is 7.92. The van der Waals surface area contributed by atoms with Crippen molar-refractivity contribution in [3.8, 4) is 5.75 Å². The molecule has 0 bridgehead atoms. The number of amides is 1. The molecule has 0 spiro atoms. The molecular formula is C23H32N2O4S. The molecule has 1 amide bonds. The van der Waals surface area contributed by atoms with Crippen LogP contribution in [0.1, 0.15) is 45.7 Å². The molecule has 2 aromatic carbocycles. The molecule has 2 aromatic rings. The van der Waals surface area contributed by atoms with E-state index < -0.39 is 16.1 Å². The largest absolute Gasteiger partial charge is 0.494 e. The zero-order chi connectivity index (χ0) is 22.3. The second kappa shape index (κ2) is 10.5. The molecule has 0 aliphatic carbocycles. The van der Waals surface area contributed by atoms with Crippen molar-refractivity contribution in [3.63, 3.8) is 0 Å². The maximum Gasteiger partial charge on any atom is 0.244 e. The van der Waals surface area contributed by atoms with Crippen LogP contribution in [-0.4, -0.2) is 33.2 Å². The molecule has 6 nitrogen and oxygen atoms in total. The van der Waals surface area contributed by atoms with Gasteiger partial charge in [0, 0.05) is 0 Å². The SMILES string of the molecule is CCOc1ccc(N([C@H](C)C(=O)N[C@@H](CC(C)C)c2ccccc2)S(C)(=O)=O)cc1. The average molecular weight is 433 g/mol. The minimum Gasteiger partial charge on any atom is -0.494 e. The van der Waals surface area contributed by atoms with E-state index in [1.807, 2.05) is 37.3 Å². The molecule has 0 radical (unpaired) electrons. The molecule has 2 rings (SSSR count). The third-order valence-corrected chi connectivity index (χ3v) is 5.96. The van der Waals surface area contributed by atoms with Crippen LogP contribution >= 0.6 is 0 Å². The third-order valence-electron chi connectivity index (χ3n) is 4.72. The van der Waals surface area contributed by atoms with Crippen molar-refractivity contribution in [1.29, 1.82) is 0 Å². The van der Waals surface area contributed by atoms with E-state index in [-0.39, 0.29) is 11.9 Å². The quantitative estimate of drug-likeness (QED) is 0.612. The van der Waals surface area contributed by atoms with Gasteiger partial charge in [0.25, 0.3) is 0 Å². The van der Waals surface area contributed by atoms with Gasteiger partial charge in [-0.2, -0.15) is 0 Å². The van der Waals surface area contributed by atoms with E-state index in [1.165, 1.54) is 0 Å². The number of ether oxygens (including phenoxy) is 1. The van der Waals surface area contributed by atoms with Gasteiger partial charge in [-0.3, -0.25) is 9.10 Å². The first-order chi connectivity index (χ1) is 14.1. The van der Waals surface area contributed by atoms with Crippen LogP contribution in [0.15, 0.2) is 54.6 Å². The summed E-state index contributed by atoms with van der Waals surface area (Å²) in [6.07, 6.45) is 1.86. The summed E-state index contributed by atoms with van der Waals surface area (Å²) in [6, 6.07) is 15.3. The number of hydrogen-bond acceptors (Lipinski definition) is 4. The lowest BCUT2D eigenvalue weighted by Gasteiger charge is -2.30. The van der Waals surface area contributed by atoms with Crippen LogP contribution in [0.3, 0.4) is 0 Å². The fourth-order valence-corrected chi connectivity index (χ4v) is 4.57. The zero-order valence-electron chi connectivity index (χ0n) is 18.3. The first-order valence-corrected chi connectivity index (χ1v) is 12.1. The second-order valence-electron chi connectivity index (χ2n) is 7.76. The first-order valence-electron chi connectivity index (χ1n) is 10.2. The van der Waals surface area contributed by atoms with Crippen LogP contribution in [0.4, 0.5) is 5.69 Å². The summed E-state index contributed by atoms with van der Waals surface area (Å²) in [4.78, 5) is 13.1. The monoisotopic (exact) mass is 432 g/mol. The van der Waals surface area contributed by atoms with E-state index in [0.29, 0.717) is 24.0 Å². The number of carbonyl (C=O) groups excluding carboxylic acids is 1. The molecule has 0 aromatic heterocycles. The topological polar surface area (TPSA) is 75.7 Å². The minimum absolute atomic E-state index is 0.192. The van der Waals surface area contributed by atoms with Gasteiger partial charge in [0.2, 0.25) is 15.9 Å². The third kappa shape index (κ3) is 6.49. The lowest BCUT2D eigenvalue weighted by Crippen LogP contribution is -2.48. The highest BCUT2D eigenvalue weighted by Crippen LogP contribution is 2.26. The fourth-order valence-electron chi connectivity index (χ4n) is 3.39. The Bertz CT molecular complexity index is 912. The van der Waals surface area contributed by atoms with Gasteiger partial charge in [-0.15, -0.1) is 0 Å². The Kier molecular flexibility index (Phi) is 8.29. The van der Waals surface area contributed by atoms with Crippen LogP contribution in [0, 0.1) is 5.92 Å². The lowest BCUT2D eigenvalue weighted by molar-refractivity contribution is -0.122. The number of nitrogens with zero attached hydrogens (tertiary/aromatic N) is 1. The molecule has 7 heteroatoms. The number of benzene rings is 2. The molecule has 30 heavy (non-hydrogen) atoms. The second-order valence-corrected chi connectivity index (χ2v) is 9.62. The van der Waals surface area contributed by atoms with Crippen LogP contribution < -0.4 is 14.4 Å². The van der Waals surface area contributed by atoms with Crippen LogP contribution in [0.2, 0.25) is 0 Å². The van der Waals surface area contributed by atoms with Gasteiger partial charge >= 0.3 is 0 Å². The van der Waals surface area contributed by atoms with Crippen LogP contribution in [-0.2, 0) is 14.8 Å². The maximum absolute atomic E-state index is 13.1. The summed E-state index contributed by atoms with van der Waals surface area (Å²) in [5.74, 6) is 0.666. The number of carbonyl (C=O) groups is 1. The summed E-state index contributed by atoms with van der Waals surface area (Å²) >= 11 is 0. The standard InChI is InChI=1S/C23H32N2O4S/c1-6-29-21-14-12-20(13-15-21)25(30(5,27)28)18(4)23(26)24-22(16-17(2)3)19-10-8-7-9-11-19/h7-15,17-18,22H,6,16H2,1-5H3,(H,24,26)/t18-,22+/m1/s1. The molecule has 2 atom stereocenters. The van der Waals surface area contributed by atoms with Gasteiger partial charge in [-0.25, -0.2) is 8.42 Å². The van der Waals surface area contributed by atoms with Gasteiger partial charge in [-0.05, 0) is 56.0 Å². The molecule has 0 saturated heterocycles. The van der Waals surface area contributed by atoms with Crippen molar-refractivity contribution in [2.75, 3.05) is 17.2 Å². The smallest absolute Gasteiger partial charge is 0.244 e. The number of anilines is 1. The van der Waals surface area contributed by atoms with Crippen LogP contribution in [0.25, 0.3) is 0 Å². The van der Waals surface area contributed by atoms with Crippen molar-refractivity contribution in [1.82, 2.24) is 5.32 Å². The highest BCUT2D eigenvalue weighted by Gasteiger charge is 2.30. The van der Waals surface area contributed by atoms with E-state index in [2.05, 4.69) is 19.2 Å². The minimum atomic E-state index is -3.68. The molecule has 0 aliphatic heterocycles. The van der Waals surface area contributed by atoms with Gasteiger partial charge < -0.3 is 10.1 Å². The molecule has 0 saturated carbocycles. The van der Waals surface area contributed by atoms with Crippen LogP contribution in [0.5, 0.6) is 5.75 Å². The fraction of sp³-hybridized carbons (Fsp3) is 0.435. The van der Waals surface area contributed by atoms with E-state index >= 15 is 0 Å². The number of sulfonamides is 1. The lowest BCUT2D eigenvalue weighted by atomic mass is 9.96. The molecular weight excluding hydrogens is 400 g/mol. The van der Waals surface area contributed by atoms with E-state index in [0.717, 1.165) is 22.5 Å². The molecule has 164 valence electrons. The highest BCUT2D eigenvalue weighted by atomic mass is 32.2. The van der Waals surface area contributed by atoms with E-state index in [9.17, 15) is 13.2 Å². The van der Waals surface area contributed by atoms with Crippen molar-refractivity contribution in [3.05, 3.63) is 60.2 Å². The van der Waals surface area contributed by atoms with E-state index in [4.69, 9.17) is 4.74 Å². The van der Waals surface area contributed by atoms with Crippen molar-refractivity contribution in [2.45, 2.75) is 46.2 Å². The van der Waals surface area contributed by atoms with Gasteiger partial charge in [0.05, 0.1) is 24.6 Å². The number of nitrogens with one attached hydrogen (secondary N) is 1. The van der Waals surface area contributed by atoms with Crippen molar-refractivity contribution in [2.24, 2.45) is 5.92 Å². The molecule has 0 fully saturated rings. The number of rotatable bonds is 10. The Morgan fingerprint density at radius 1 is 1.03 bits per heavy atom. The normalized spacial score (nSPS) is 13.5. The Balaban J connectivity index is 2.28. The van der Waals surface area contributed by atoms with Crippen molar-refractivity contribution < 1.29 is 17.9 Å². The van der Waals surface area contributed by atoms with Gasteiger partial charge in [0.15, 0.2) is 0 Å². The van der Waals surface area contributed by atoms with Gasteiger partial charge in [0.1, 0.15) is 11.8 Å². The average Bonchev–Trinajstić information content (AvgIpc) is 2.68. The first kappa shape index (κ1) is 23.7. The molecule has 0 aliphatic rings. The summed E-state index contributed by atoms with van der Waals surface area (Å²) in [6.45, 7) is 8.18. The van der Waals surface area contributed by atoms with Gasteiger partial charge in [-0.1, -0.05) is 44.2 Å².